The average molecular weight is 277 g/mol. The molecule has 2 aromatic rings. The fourth-order valence-corrected chi connectivity index (χ4v) is 2.91. The standard InChI is InChI=1S/C13H12FN3OS/c1-17(7-3-6-15)13(18)12-11(16)10-8(14)4-2-5-9(10)19-12/h2,4-5H,3,7,16H2,1H3. The number of halogens is 1. The normalized spacial score (nSPS) is 10.4. The quantitative estimate of drug-likeness (QED) is 0.937. The molecule has 0 spiro atoms. The lowest BCUT2D eigenvalue weighted by Gasteiger charge is -2.14. The molecule has 0 saturated carbocycles. The van der Waals surface area contributed by atoms with Crippen LogP contribution in [0.4, 0.5) is 10.1 Å². The number of rotatable bonds is 3. The summed E-state index contributed by atoms with van der Waals surface area (Å²) in [4.78, 5) is 13.9. The SMILES string of the molecule is CN(CCC#N)C(=O)c1sc2cccc(F)c2c1N. The van der Waals surface area contributed by atoms with Crippen molar-refractivity contribution in [2.75, 3.05) is 19.3 Å². The third-order valence-corrected chi connectivity index (χ3v) is 3.96. The van der Waals surface area contributed by atoms with Crippen LogP contribution in [0, 0.1) is 17.1 Å². The van der Waals surface area contributed by atoms with E-state index in [1.807, 2.05) is 6.07 Å². The van der Waals surface area contributed by atoms with Crippen LogP contribution in [0.25, 0.3) is 10.1 Å². The number of hydrogen-bond acceptors (Lipinski definition) is 4. The number of carbonyl (C=O) groups excluding carboxylic acids is 1. The van der Waals surface area contributed by atoms with Gasteiger partial charge in [-0.05, 0) is 12.1 Å². The van der Waals surface area contributed by atoms with E-state index in [2.05, 4.69) is 0 Å². The van der Waals surface area contributed by atoms with Crippen molar-refractivity contribution >= 4 is 33.0 Å². The molecular formula is C13H12FN3OS. The van der Waals surface area contributed by atoms with E-state index in [-0.39, 0.29) is 18.0 Å². The van der Waals surface area contributed by atoms with Crippen molar-refractivity contribution in [1.82, 2.24) is 4.90 Å². The van der Waals surface area contributed by atoms with Crippen LogP contribution in [0.2, 0.25) is 0 Å². The van der Waals surface area contributed by atoms with Crippen molar-refractivity contribution in [1.29, 1.82) is 5.26 Å². The Hall–Kier alpha value is -2.13. The number of fused-ring (bicyclic) bond motifs is 1. The van der Waals surface area contributed by atoms with Crippen LogP contribution >= 0.6 is 11.3 Å². The van der Waals surface area contributed by atoms with Crippen LogP contribution in [-0.2, 0) is 0 Å². The maximum atomic E-state index is 13.7. The van der Waals surface area contributed by atoms with Crippen molar-refractivity contribution in [3.05, 3.63) is 28.9 Å². The molecule has 0 unspecified atom stereocenters. The van der Waals surface area contributed by atoms with Gasteiger partial charge in [-0.1, -0.05) is 6.07 Å². The lowest BCUT2D eigenvalue weighted by atomic mass is 10.2. The number of nitriles is 1. The minimum atomic E-state index is -0.426. The molecule has 0 bridgehead atoms. The van der Waals surface area contributed by atoms with Crippen LogP contribution in [0.1, 0.15) is 16.1 Å². The molecule has 2 N–H and O–H groups in total. The highest BCUT2D eigenvalue weighted by molar-refractivity contribution is 7.21. The smallest absolute Gasteiger partial charge is 0.265 e. The van der Waals surface area contributed by atoms with E-state index >= 15 is 0 Å². The number of carbonyl (C=O) groups is 1. The van der Waals surface area contributed by atoms with Gasteiger partial charge < -0.3 is 10.6 Å². The van der Waals surface area contributed by atoms with Crippen LogP contribution in [0.5, 0.6) is 0 Å². The van der Waals surface area contributed by atoms with Gasteiger partial charge in [0, 0.05) is 18.3 Å². The number of nitrogens with zero attached hydrogens (tertiary/aromatic N) is 2. The largest absolute Gasteiger partial charge is 0.397 e. The molecule has 1 amide bonds. The Morgan fingerprint density at radius 2 is 2.32 bits per heavy atom. The molecule has 2 rings (SSSR count). The van der Waals surface area contributed by atoms with Crippen molar-refractivity contribution < 1.29 is 9.18 Å². The molecule has 0 aliphatic carbocycles. The van der Waals surface area contributed by atoms with Crippen molar-refractivity contribution in [3.8, 4) is 6.07 Å². The van der Waals surface area contributed by atoms with Gasteiger partial charge in [0.1, 0.15) is 10.7 Å². The van der Waals surface area contributed by atoms with Crippen LogP contribution in [0.3, 0.4) is 0 Å². The lowest BCUT2D eigenvalue weighted by Crippen LogP contribution is -2.27. The van der Waals surface area contributed by atoms with Gasteiger partial charge in [-0.3, -0.25) is 4.79 Å². The van der Waals surface area contributed by atoms with Gasteiger partial charge >= 0.3 is 0 Å². The molecule has 1 aromatic carbocycles. The summed E-state index contributed by atoms with van der Waals surface area (Å²) >= 11 is 1.17. The van der Waals surface area contributed by atoms with Crippen molar-refractivity contribution in [3.63, 3.8) is 0 Å². The molecule has 4 nitrogen and oxygen atoms in total. The van der Waals surface area contributed by atoms with Crippen LogP contribution in [-0.4, -0.2) is 24.4 Å². The predicted molar refractivity (Wildman–Crippen MR) is 73.4 cm³/mol. The molecule has 19 heavy (non-hydrogen) atoms. The number of nitrogens with two attached hydrogens (primary N) is 1. The number of hydrogen-bond donors (Lipinski definition) is 1. The van der Waals surface area contributed by atoms with Crippen molar-refractivity contribution in [2.45, 2.75) is 6.42 Å². The topological polar surface area (TPSA) is 70.1 Å². The second-order valence-corrected chi connectivity index (χ2v) is 5.14. The molecule has 0 radical (unpaired) electrons. The van der Waals surface area contributed by atoms with E-state index in [0.717, 1.165) is 0 Å². The first-order valence-corrected chi connectivity index (χ1v) is 6.46. The first kappa shape index (κ1) is 13.3. The molecule has 98 valence electrons. The first-order valence-electron chi connectivity index (χ1n) is 5.65. The summed E-state index contributed by atoms with van der Waals surface area (Å²) in [5.41, 5.74) is 6.04. The third kappa shape index (κ3) is 2.37. The highest BCUT2D eigenvalue weighted by Crippen LogP contribution is 2.35. The van der Waals surface area contributed by atoms with Gasteiger partial charge in [0.05, 0.1) is 23.6 Å². The van der Waals surface area contributed by atoms with Crippen LogP contribution in [0.15, 0.2) is 18.2 Å². The number of benzene rings is 1. The molecule has 1 aromatic heterocycles. The van der Waals surface area contributed by atoms with Gasteiger partial charge in [-0.25, -0.2) is 4.39 Å². The summed E-state index contributed by atoms with van der Waals surface area (Å²) in [7, 11) is 1.60. The first-order chi connectivity index (χ1) is 9.06. The second kappa shape index (κ2) is 5.24. The highest BCUT2D eigenvalue weighted by atomic mass is 32.1. The van der Waals surface area contributed by atoms with E-state index in [9.17, 15) is 9.18 Å². The van der Waals surface area contributed by atoms with Gasteiger partial charge in [-0.2, -0.15) is 5.26 Å². The van der Waals surface area contributed by atoms with Crippen LogP contribution < -0.4 is 5.73 Å². The van der Waals surface area contributed by atoms with Gasteiger partial charge in [0.2, 0.25) is 0 Å². The van der Waals surface area contributed by atoms with Gasteiger partial charge in [-0.15, -0.1) is 11.3 Å². The maximum absolute atomic E-state index is 13.7. The summed E-state index contributed by atoms with van der Waals surface area (Å²) in [5, 5.41) is 8.81. The monoisotopic (exact) mass is 277 g/mol. The highest BCUT2D eigenvalue weighted by Gasteiger charge is 2.21. The number of nitrogen functional groups attached to an aromatic ring is 1. The Labute approximate surface area is 113 Å². The second-order valence-electron chi connectivity index (χ2n) is 4.09. The Morgan fingerprint density at radius 1 is 1.58 bits per heavy atom. The summed E-state index contributed by atoms with van der Waals surface area (Å²) in [5.74, 6) is -0.710. The van der Waals surface area contributed by atoms with Gasteiger partial charge in [0.25, 0.3) is 5.91 Å². The Bertz CT molecular complexity index is 674. The predicted octanol–water partition coefficient (Wildman–Crippen LogP) is 2.61. The fraction of sp³-hybridized carbons (Fsp3) is 0.231. The van der Waals surface area contributed by atoms with E-state index < -0.39 is 5.82 Å². The minimum Gasteiger partial charge on any atom is -0.397 e. The zero-order valence-electron chi connectivity index (χ0n) is 10.3. The van der Waals surface area contributed by atoms with Gasteiger partial charge in [0.15, 0.2) is 0 Å². The molecule has 0 fully saturated rings. The minimum absolute atomic E-state index is 0.173. The summed E-state index contributed by atoms with van der Waals surface area (Å²) in [6.07, 6.45) is 0.251. The average Bonchev–Trinajstić information content (AvgIpc) is 2.73. The zero-order chi connectivity index (χ0) is 14.0. The molecule has 0 saturated heterocycles. The summed E-state index contributed by atoms with van der Waals surface area (Å²) < 4.78 is 14.3. The molecule has 0 atom stereocenters. The summed E-state index contributed by atoms with van der Waals surface area (Å²) in [6, 6.07) is 6.60. The molecule has 1 heterocycles. The Balaban J connectivity index is 2.41. The molecule has 0 aliphatic rings. The van der Waals surface area contributed by atoms with Crippen molar-refractivity contribution in [2.24, 2.45) is 0 Å². The number of anilines is 1. The zero-order valence-corrected chi connectivity index (χ0v) is 11.1. The number of thiophene rings is 1. The van der Waals surface area contributed by atoms with E-state index in [4.69, 9.17) is 11.0 Å². The number of amides is 1. The lowest BCUT2D eigenvalue weighted by molar-refractivity contribution is 0.0804. The molecule has 6 heteroatoms. The van der Waals surface area contributed by atoms with E-state index in [1.54, 1.807) is 19.2 Å². The Kier molecular flexibility index (Phi) is 3.67. The molecular weight excluding hydrogens is 265 g/mol. The van der Waals surface area contributed by atoms with E-state index in [1.165, 1.54) is 22.3 Å². The molecule has 0 aliphatic heterocycles. The third-order valence-electron chi connectivity index (χ3n) is 2.80. The van der Waals surface area contributed by atoms with E-state index in [0.29, 0.717) is 21.5 Å². The Morgan fingerprint density at radius 3 is 2.95 bits per heavy atom. The maximum Gasteiger partial charge on any atom is 0.265 e. The fourth-order valence-electron chi connectivity index (χ4n) is 1.78. The summed E-state index contributed by atoms with van der Waals surface area (Å²) in [6.45, 7) is 0.325.